The van der Waals surface area contributed by atoms with Crippen LogP contribution in [-0.4, -0.2) is 259 Å². The van der Waals surface area contributed by atoms with E-state index in [-0.39, 0.29) is 114 Å². The van der Waals surface area contributed by atoms with Crippen LogP contribution in [0.15, 0.2) is 91.5 Å². The lowest BCUT2D eigenvalue weighted by Gasteiger charge is -2.28. The number of halogens is 1. The number of nitrogens with zero attached hydrogens (tertiary/aromatic N) is 5. The lowest BCUT2D eigenvalue weighted by atomic mass is 9.95. The highest BCUT2D eigenvalue weighted by molar-refractivity contribution is 7.98. The summed E-state index contributed by atoms with van der Waals surface area (Å²) in [6.07, 6.45) is 3.46. The highest BCUT2D eigenvalue weighted by Gasteiger charge is 2.40. The van der Waals surface area contributed by atoms with Gasteiger partial charge in [-0.3, -0.25) is 100 Å². The lowest BCUT2D eigenvalue weighted by molar-refractivity contribution is -0.136. The number of aromatic nitrogens is 6. The van der Waals surface area contributed by atoms with Gasteiger partial charge in [0.25, 0.3) is 0 Å². The average molecular weight is 2000 g/mol. The summed E-state index contributed by atoms with van der Waals surface area (Å²) in [6.45, 7) is 9.67. The van der Waals surface area contributed by atoms with Crippen molar-refractivity contribution in [3.05, 3.63) is 108 Å². The molecule has 142 heavy (non-hydrogen) atoms. The molecule has 48 heteroatoms. The molecule has 46 nitrogen and oxygen atoms in total. The first-order chi connectivity index (χ1) is 67.6. The summed E-state index contributed by atoms with van der Waals surface area (Å²) in [5, 5.41) is 47.7. The molecule has 0 bridgehead atoms. The molecular weight excluding hydrogens is 1860 g/mol. The Balaban J connectivity index is 0.913. The van der Waals surface area contributed by atoms with Crippen LogP contribution in [-0.2, 0) is 122 Å². The van der Waals surface area contributed by atoms with Crippen LogP contribution in [0.1, 0.15) is 174 Å². The van der Waals surface area contributed by atoms with Crippen LogP contribution in [0.2, 0.25) is 0 Å². The van der Waals surface area contributed by atoms with Crippen molar-refractivity contribution < 1.29 is 100 Å². The van der Waals surface area contributed by atoms with Gasteiger partial charge in [-0.15, -0.1) is 5.10 Å². The van der Waals surface area contributed by atoms with Crippen molar-refractivity contribution in [3.8, 4) is 22.5 Å². The quantitative estimate of drug-likeness (QED) is 0.0188. The molecule has 8 rings (SSSR count). The molecule has 3 aromatic heterocycles. The van der Waals surface area contributed by atoms with E-state index in [1.807, 2.05) is 56.5 Å². The number of anilines is 1. The number of thioether (sulfide) groups is 1. The van der Waals surface area contributed by atoms with Crippen LogP contribution >= 0.6 is 11.8 Å². The molecule has 3 aromatic carbocycles. The van der Waals surface area contributed by atoms with E-state index in [0.29, 0.717) is 69.9 Å². The number of nitrogens with two attached hydrogens (primary N) is 4. The van der Waals surface area contributed by atoms with Gasteiger partial charge in [0.15, 0.2) is 0 Å². The van der Waals surface area contributed by atoms with Crippen molar-refractivity contribution in [1.29, 1.82) is 0 Å². The number of benzene rings is 3. The number of carbonyl (C=O) groups is 20. The maximum Gasteiger partial charge on any atom is 0.243 e. The minimum Gasteiger partial charge on any atom is -0.370 e. The van der Waals surface area contributed by atoms with Gasteiger partial charge in [-0.2, -0.15) is 11.8 Å². The standard InChI is InChI=1S/C94H131FN26O20S/c1-50(2)39-66(114-86(133)62(111-88(135)64(26-29-72(96)122)112-87(134)63-28-31-76(126)107-63)24-15-17-36-101-75(125)32-33-79(129)120-48-54-19-9-10-21-58(54)81-82(59-22-12-14-25-71(59)120)121(119-118-81)37-18-16-35-95)85(132)103-46-77(127)109-70(43-74(98)124)93(140)113-65(27-30-73(97)123)89(136)116-68(41-55-44-102-60-23-13-11-20-57(55)60)90(137)106-53(7)84(131)117-80(52(5)6)94(141)104-47-78(128)108-69(42-56-45-100-49-105-56)92(139)115-67(40-51(3)4)91(138)110-61(83(99)130)34-38-142-8/h9-14,19-23,25,44-45,49-53,61-70,80,102H,15-18,24,26-43,46-48H2,1-8H3,(H2,96,122)(H2,97,123)(H2,98,124)(H2,99,130)(H,100,105)(H,101,125)(H,103,132)(H,104,141)(H,106,137)(H,107,126)(H,108,128)(H,109,127)(H,110,138)(H,111,135)(H,112,134)(H,113,140)(H,114,133)(H,115,139)(H,116,136)(H,117,131)/t53-,61-,62-,63-,64-,65-,66-,67-,68-,69-,70-,80-/m0/s1/i95-1. The van der Waals surface area contributed by atoms with Crippen molar-refractivity contribution in [2.24, 2.45) is 40.7 Å². The lowest BCUT2D eigenvalue weighted by Crippen LogP contribution is -2.60. The summed E-state index contributed by atoms with van der Waals surface area (Å²) in [4.78, 5) is 286. The second-order valence-electron chi connectivity index (χ2n) is 36.1. The van der Waals surface area contributed by atoms with Crippen LogP contribution in [0.4, 0.5) is 10.1 Å². The zero-order valence-corrected chi connectivity index (χ0v) is 81.5. The number of amides is 20. The number of aromatic amines is 2. The van der Waals surface area contributed by atoms with Crippen molar-refractivity contribution in [3.63, 3.8) is 0 Å². The highest BCUT2D eigenvalue weighted by atomic mass is 32.2. The molecule has 1 saturated heterocycles. The third-order valence-electron chi connectivity index (χ3n) is 23.4. The summed E-state index contributed by atoms with van der Waals surface area (Å²) >= 11 is 1.43. The average Bonchev–Trinajstić information content (AvgIpc) is 1.54. The number of rotatable bonds is 59. The number of aryl methyl sites for hydroxylation is 1. The maximum absolute atomic E-state index is 14.8. The number of carbonyl (C=O) groups excluding carboxylic acids is 20. The largest absolute Gasteiger partial charge is 0.370 e. The Bertz CT molecular complexity index is 5480. The van der Waals surface area contributed by atoms with Gasteiger partial charge in [0.2, 0.25) is 118 Å². The van der Waals surface area contributed by atoms with E-state index in [1.165, 1.54) is 31.2 Å². The van der Waals surface area contributed by atoms with E-state index < -0.39 is 236 Å². The number of para-hydroxylation sites is 2. The normalized spacial score (nSPS) is 14.9. The molecule has 20 amide bonds. The Morgan fingerprint density at radius 1 is 0.514 bits per heavy atom. The van der Waals surface area contributed by atoms with Crippen LogP contribution in [0, 0.1) is 17.8 Å². The molecule has 0 radical (unpaired) electrons. The number of hydrogen-bond donors (Lipinski definition) is 21. The maximum atomic E-state index is 14.8. The molecule has 0 unspecified atom stereocenters. The van der Waals surface area contributed by atoms with Gasteiger partial charge in [0.05, 0.1) is 56.1 Å². The number of primary amides is 4. The first kappa shape index (κ1) is 113. The summed E-state index contributed by atoms with van der Waals surface area (Å²) in [6, 6.07) is 4.05. The molecule has 770 valence electrons. The van der Waals surface area contributed by atoms with Gasteiger partial charge < -0.3 is 118 Å². The molecule has 1 fully saturated rings. The van der Waals surface area contributed by atoms with Crippen molar-refractivity contribution in [2.75, 3.05) is 43.2 Å². The van der Waals surface area contributed by atoms with E-state index in [9.17, 15) is 100 Å². The molecule has 2 aliphatic rings. The van der Waals surface area contributed by atoms with Gasteiger partial charge in [-0.05, 0) is 131 Å². The Labute approximate surface area is 823 Å². The highest BCUT2D eigenvalue weighted by Crippen LogP contribution is 2.42. The predicted octanol–water partition coefficient (Wildman–Crippen LogP) is -1.78. The number of H-pyrrole nitrogens is 2. The van der Waals surface area contributed by atoms with Gasteiger partial charge in [-0.25, -0.2) is 9.67 Å². The predicted molar refractivity (Wildman–Crippen MR) is 518 cm³/mol. The van der Waals surface area contributed by atoms with Crippen LogP contribution in [0.25, 0.3) is 33.4 Å². The Kier molecular flexibility index (Phi) is 44.3. The van der Waals surface area contributed by atoms with Gasteiger partial charge >= 0.3 is 0 Å². The second kappa shape index (κ2) is 55.9. The minimum absolute atomic E-state index is 0.00218. The zero-order chi connectivity index (χ0) is 104. The number of alkyl halides is 1. The molecule has 5 heterocycles. The number of nitrogens with one attached hydrogen (secondary N) is 17. The third-order valence-corrected chi connectivity index (χ3v) is 24.1. The van der Waals surface area contributed by atoms with Crippen molar-refractivity contribution in [1.82, 2.24) is 110 Å². The number of hydrogen-bond acceptors (Lipinski definition) is 24. The van der Waals surface area contributed by atoms with Crippen molar-refractivity contribution in [2.45, 2.75) is 256 Å². The Morgan fingerprint density at radius 3 is 1.68 bits per heavy atom. The first-order valence-corrected chi connectivity index (χ1v) is 48.6. The molecule has 0 aliphatic carbocycles. The van der Waals surface area contributed by atoms with Gasteiger partial charge in [0, 0.05) is 92.5 Å². The monoisotopic (exact) mass is 1990 g/mol. The Morgan fingerprint density at radius 2 is 1.07 bits per heavy atom. The zero-order valence-electron chi connectivity index (χ0n) is 80.7. The summed E-state index contributed by atoms with van der Waals surface area (Å²) in [7, 11) is 0. The van der Waals surface area contributed by atoms with E-state index in [2.05, 4.69) is 105 Å². The number of imidazole rings is 1. The van der Waals surface area contributed by atoms with Crippen molar-refractivity contribution >= 4 is 146 Å². The van der Waals surface area contributed by atoms with Crippen LogP contribution in [0.5, 0.6) is 0 Å². The topological polar surface area (TPSA) is 704 Å². The summed E-state index contributed by atoms with van der Waals surface area (Å²) in [5.41, 5.74) is 27.6. The number of fused-ring (bicyclic) bond motifs is 6. The van der Waals surface area contributed by atoms with Gasteiger partial charge in [0.1, 0.15) is 78.2 Å². The minimum atomic E-state index is -1.94. The van der Waals surface area contributed by atoms with Crippen LogP contribution < -0.4 is 108 Å². The van der Waals surface area contributed by atoms with E-state index in [1.54, 1.807) is 79.9 Å². The molecular formula is C94H131FN26O20S. The third kappa shape index (κ3) is 35.2. The van der Waals surface area contributed by atoms with E-state index >= 15 is 0 Å². The smallest absolute Gasteiger partial charge is 0.243 e. The summed E-state index contributed by atoms with van der Waals surface area (Å²) < 4.78 is 15.0. The molecule has 0 spiro atoms. The summed E-state index contributed by atoms with van der Waals surface area (Å²) in [5.74, 6) is -18.3. The fourth-order valence-corrected chi connectivity index (χ4v) is 16.4. The fraction of sp³-hybridized carbons (Fsp3) is 0.521. The molecule has 6 aromatic rings. The molecule has 12 atom stereocenters. The first-order valence-electron chi connectivity index (χ1n) is 47.2. The van der Waals surface area contributed by atoms with E-state index in [4.69, 9.17) is 22.9 Å². The molecule has 2 aliphatic heterocycles. The van der Waals surface area contributed by atoms with Gasteiger partial charge in [-0.1, -0.05) is 107 Å². The SMILES string of the molecule is CSCC[C@H](NC(=O)[C@H](CC(C)C)NC(=O)[C@H](Cc1c[nH]cn1)NC(=O)CNC(=O)[C@@H](NC(=O)[C@H](C)NC(=O)[C@H](Cc1c[nH]c2ccccc12)NC(=O)[C@H](CCC(N)=O)NC(=O)[C@H](CC(N)=O)NC(=O)CNC(=O)[C@H](CC(C)C)NC(=O)[C@H](CCCCNC(=O)CCC(=O)N1Cc2ccccc2-c2nnn(CCCC[18F])c2-c2ccccc21)NC(=O)[C@H](CCC(N)=O)NC(=O)[C@@H]1CCC(=O)N1)C(C)C)C(N)=O. The van der Waals surface area contributed by atoms with E-state index in [0.717, 1.165) is 11.1 Å². The molecule has 0 saturated carbocycles. The second-order valence-corrected chi connectivity index (χ2v) is 37.1. The number of unbranched alkanes of at least 4 members (excludes halogenated alkanes) is 2. The Hall–Kier alpha value is -14.8. The fourth-order valence-electron chi connectivity index (χ4n) is 15.9. The van der Waals surface area contributed by atoms with Crippen LogP contribution in [0.3, 0.4) is 0 Å². The molecule has 25 N–H and O–H groups in total.